The molecule has 11 heteroatoms. The van der Waals surface area contributed by atoms with E-state index in [1.165, 1.54) is 23.1 Å². The molecule has 1 amide bonds. The van der Waals surface area contributed by atoms with E-state index in [9.17, 15) is 40.3 Å². The molecule has 2 atom stereocenters. The van der Waals surface area contributed by atoms with Crippen LogP contribution in [0.4, 0.5) is 41.2 Å². The smallest absolute Gasteiger partial charge is 0.416 e. The van der Waals surface area contributed by atoms with Crippen LogP contribution in [0.15, 0.2) is 36.4 Å². The summed E-state index contributed by atoms with van der Waals surface area (Å²) in [6.45, 7) is 2.43. The molecule has 35 heavy (non-hydrogen) atoms. The minimum absolute atomic E-state index is 0.0515. The number of hydrogen-bond donors (Lipinski definition) is 0. The lowest BCUT2D eigenvalue weighted by molar-refractivity contribution is -0.143. The number of fused-ring (bicyclic) bond motifs is 1. The Bertz CT molecular complexity index is 1080. The predicted octanol–water partition coefficient (Wildman–Crippen LogP) is 7.31. The Morgan fingerprint density at radius 1 is 0.971 bits per heavy atom. The predicted molar refractivity (Wildman–Crippen MR) is 113 cm³/mol. The summed E-state index contributed by atoms with van der Waals surface area (Å²) in [7, 11) is 0. The molecule has 0 bridgehead atoms. The first kappa shape index (κ1) is 26.5. The van der Waals surface area contributed by atoms with Gasteiger partial charge >= 0.3 is 18.4 Å². The van der Waals surface area contributed by atoms with Crippen molar-refractivity contribution in [1.82, 2.24) is 0 Å². The lowest BCUT2D eigenvalue weighted by atomic mass is 9.79. The lowest BCUT2D eigenvalue weighted by Gasteiger charge is -2.39. The molecule has 0 aromatic heterocycles. The first-order valence-corrected chi connectivity index (χ1v) is 10.8. The van der Waals surface area contributed by atoms with Gasteiger partial charge in [0.2, 0.25) is 0 Å². The summed E-state index contributed by atoms with van der Waals surface area (Å²) in [5.41, 5.74) is -3.52. The molecule has 0 aliphatic carbocycles. The van der Waals surface area contributed by atoms with Crippen LogP contribution in [0.3, 0.4) is 0 Å². The van der Waals surface area contributed by atoms with Gasteiger partial charge in [-0.05, 0) is 55.2 Å². The fourth-order valence-electron chi connectivity index (χ4n) is 4.22. The van der Waals surface area contributed by atoms with E-state index in [0.717, 1.165) is 0 Å². The number of nitrogens with zero attached hydrogens (tertiary/aromatic N) is 1. The van der Waals surface area contributed by atoms with E-state index in [4.69, 9.17) is 4.74 Å². The zero-order chi connectivity index (χ0) is 26.1. The standard InChI is InChI=1S/C24H22F7NO3/c1-3-17-11-19(18-7-13(12-25)5-6-20(18)32(17)22(34)35-4-2)21(33)14-8-15(23(26,27)28)10-16(9-14)24(29,30)31/h5-10,17,19H,3-4,11-12H2,1-2H3/t17-,19+/m0/s1. The minimum atomic E-state index is -5.12. The summed E-state index contributed by atoms with van der Waals surface area (Å²) in [4.78, 5) is 27.3. The van der Waals surface area contributed by atoms with Crippen LogP contribution in [0.1, 0.15) is 65.2 Å². The molecule has 0 saturated heterocycles. The van der Waals surface area contributed by atoms with E-state index in [1.807, 2.05) is 0 Å². The SMILES string of the molecule is CCOC(=O)N1c2ccc(CF)cc2[C@H](C(=O)c2cc(C(F)(F)F)cc(C(F)(F)F)c2)C[C@@H]1CC. The van der Waals surface area contributed by atoms with Gasteiger partial charge < -0.3 is 4.74 Å². The van der Waals surface area contributed by atoms with Crippen LogP contribution in [-0.2, 0) is 23.8 Å². The Hall–Kier alpha value is -3.11. The number of rotatable bonds is 5. The maximum atomic E-state index is 13.4. The number of carbonyl (C=O) groups excluding carboxylic acids is 2. The number of ether oxygens (including phenoxy) is 1. The topological polar surface area (TPSA) is 46.6 Å². The molecule has 1 heterocycles. The molecular formula is C24H22F7NO3. The normalized spacial score (nSPS) is 18.3. The maximum Gasteiger partial charge on any atom is 0.416 e. The van der Waals surface area contributed by atoms with Crippen molar-refractivity contribution in [2.24, 2.45) is 0 Å². The number of alkyl halides is 7. The third kappa shape index (κ3) is 5.43. The van der Waals surface area contributed by atoms with E-state index in [0.29, 0.717) is 18.6 Å². The molecule has 4 nitrogen and oxygen atoms in total. The van der Waals surface area contributed by atoms with Crippen molar-refractivity contribution in [1.29, 1.82) is 0 Å². The summed E-state index contributed by atoms with van der Waals surface area (Å²) < 4.78 is 98.5. The number of Topliss-reactive ketones (excluding diaryl/α,β-unsaturated/α-hetero) is 1. The number of halogens is 7. The van der Waals surface area contributed by atoms with Crippen molar-refractivity contribution in [3.8, 4) is 0 Å². The summed E-state index contributed by atoms with van der Waals surface area (Å²) in [5, 5.41) is 0. The Labute approximate surface area is 196 Å². The molecule has 3 rings (SSSR count). The molecule has 0 fully saturated rings. The van der Waals surface area contributed by atoms with Crippen molar-refractivity contribution in [3.63, 3.8) is 0 Å². The van der Waals surface area contributed by atoms with Crippen molar-refractivity contribution >= 4 is 17.6 Å². The highest BCUT2D eigenvalue weighted by Crippen LogP contribution is 2.43. The fourth-order valence-corrected chi connectivity index (χ4v) is 4.22. The third-order valence-electron chi connectivity index (χ3n) is 5.88. The number of anilines is 1. The molecule has 1 aliphatic heterocycles. The van der Waals surface area contributed by atoms with E-state index >= 15 is 0 Å². The molecule has 0 unspecified atom stereocenters. The highest BCUT2D eigenvalue weighted by Gasteiger charge is 2.42. The molecule has 0 spiro atoms. The third-order valence-corrected chi connectivity index (χ3v) is 5.88. The van der Waals surface area contributed by atoms with E-state index < -0.39 is 59.6 Å². The molecule has 2 aromatic rings. The first-order valence-electron chi connectivity index (χ1n) is 10.8. The van der Waals surface area contributed by atoms with Crippen LogP contribution >= 0.6 is 0 Å². The lowest BCUT2D eigenvalue weighted by Crippen LogP contribution is -2.46. The minimum Gasteiger partial charge on any atom is -0.449 e. The molecule has 0 radical (unpaired) electrons. The quantitative estimate of drug-likeness (QED) is 0.316. The van der Waals surface area contributed by atoms with Crippen LogP contribution in [0.25, 0.3) is 0 Å². The second kappa shape index (κ2) is 9.87. The highest BCUT2D eigenvalue weighted by atomic mass is 19.4. The van der Waals surface area contributed by atoms with Gasteiger partial charge in [0.05, 0.1) is 29.3 Å². The van der Waals surface area contributed by atoms with Crippen molar-refractivity contribution < 1.29 is 45.1 Å². The Morgan fingerprint density at radius 3 is 2.06 bits per heavy atom. The van der Waals surface area contributed by atoms with Gasteiger partial charge in [-0.15, -0.1) is 0 Å². The largest absolute Gasteiger partial charge is 0.449 e. The van der Waals surface area contributed by atoms with Crippen LogP contribution < -0.4 is 4.90 Å². The fraction of sp³-hybridized carbons (Fsp3) is 0.417. The zero-order valence-corrected chi connectivity index (χ0v) is 18.8. The number of amides is 1. The number of ketones is 1. The van der Waals surface area contributed by atoms with Gasteiger partial charge in [-0.25, -0.2) is 9.18 Å². The van der Waals surface area contributed by atoms with Gasteiger partial charge in [-0.1, -0.05) is 19.1 Å². The maximum absolute atomic E-state index is 13.4. The van der Waals surface area contributed by atoms with Gasteiger partial charge in [-0.3, -0.25) is 9.69 Å². The molecule has 2 aromatic carbocycles. The monoisotopic (exact) mass is 505 g/mol. The Kier molecular flexibility index (Phi) is 7.47. The Balaban J connectivity index is 2.18. The molecule has 1 aliphatic rings. The molecule has 0 saturated carbocycles. The number of benzene rings is 2. The second-order valence-electron chi connectivity index (χ2n) is 8.10. The second-order valence-corrected chi connectivity index (χ2v) is 8.10. The summed E-state index contributed by atoms with van der Waals surface area (Å²) in [6, 6.07) is 4.18. The van der Waals surface area contributed by atoms with Crippen LogP contribution in [-0.4, -0.2) is 24.5 Å². The highest BCUT2D eigenvalue weighted by molar-refractivity contribution is 6.04. The molecular weight excluding hydrogens is 483 g/mol. The molecule has 190 valence electrons. The van der Waals surface area contributed by atoms with Crippen molar-refractivity contribution in [2.45, 2.75) is 57.7 Å². The summed E-state index contributed by atoms with van der Waals surface area (Å²) >= 11 is 0. The van der Waals surface area contributed by atoms with Gasteiger partial charge in [0.15, 0.2) is 5.78 Å². The van der Waals surface area contributed by atoms with Gasteiger partial charge in [-0.2, -0.15) is 26.3 Å². The Morgan fingerprint density at radius 2 is 1.57 bits per heavy atom. The first-order chi connectivity index (χ1) is 16.3. The van der Waals surface area contributed by atoms with E-state index in [1.54, 1.807) is 13.8 Å². The summed E-state index contributed by atoms with van der Waals surface area (Å²) in [6.07, 6.45) is -10.7. The van der Waals surface area contributed by atoms with E-state index in [2.05, 4.69) is 0 Å². The average molecular weight is 505 g/mol. The average Bonchev–Trinajstić information content (AvgIpc) is 2.80. The van der Waals surface area contributed by atoms with Crippen LogP contribution in [0, 0.1) is 0 Å². The van der Waals surface area contributed by atoms with Gasteiger partial charge in [0.1, 0.15) is 6.67 Å². The summed E-state index contributed by atoms with van der Waals surface area (Å²) in [5.74, 6) is -2.18. The number of hydrogen-bond acceptors (Lipinski definition) is 3. The van der Waals surface area contributed by atoms with Crippen LogP contribution in [0.2, 0.25) is 0 Å². The zero-order valence-electron chi connectivity index (χ0n) is 18.8. The number of carbonyl (C=O) groups is 2. The molecule has 0 N–H and O–H groups in total. The van der Waals surface area contributed by atoms with Crippen molar-refractivity contribution in [2.75, 3.05) is 11.5 Å². The van der Waals surface area contributed by atoms with E-state index in [-0.39, 0.29) is 35.9 Å². The van der Waals surface area contributed by atoms with Crippen molar-refractivity contribution in [3.05, 3.63) is 64.2 Å². The van der Waals surface area contributed by atoms with Gasteiger partial charge in [0, 0.05) is 11.6 Å². The van der Waals surface area contributed by atoms with Crippen LogP contribution in [0.5, 0.6) is 0 Å². The van der Waals surface area contributed by atoms with Gasteiger partial charge in [0.25, 0.3) is 0 Å².